The summed E-state index contributed by atoms with van der Waals surface area (Å²) in [5, 5.41) is 1.11. The van der Waals surface area contributed by atoms with Crippen molar-refractivity contribution in [2.75, 3.05) is 6.54 Å². The molecule has 0 aliphatic carbocycles. The topological polar surface area (TPSA) is 88.6 Å². The molecule has 3 N–H and O–H groups in total. The second kappa shape index (κ2) is 5.93. The van der Waals surface area contributed by atoms with Gasteiger partial charge in [0.25, 0.3) is 5.91 Å². The van der Waals surface area contributed by atoms with Crippen molar-refractivity contribution in [1.82, 2.24) is 10.4 Å². The number of unbranched alkanes of at least 4 members (excludes halogenated alkanes) is 1. The van der Waals surface area contributed by atoms with Crippen LogP contribution in [0.5, 0.6) is 0 Å². The summed E-state index contributed by atoms with van der Waals surface area (Å²) >= 11 is 0. The van der Waals surface area contributed by atoms with Crippen LogP contribution in [-0.4, -0.2) is 23.5 Å². The Hall–Kier alpha value is -1.98. The summed E-state index contributed by atoms with van der Waals surface area (Å²) in [5.41, 5.74) is 8.02. The molecule has 0 aliphatic rings. The summed E-state index contributed by atoms with van der Waals surface area (Å²) in [5.74, 6) is 0.105. The van der Waals surface area contributed by atoms with Crippen molar-refractivity contribution in [2.24, 2.45) is 5.73 Å². The second-order valence-corrected chi connectivity index (χ2v) is 3.67. The SMILES string of the molecule is CCCCN(NC(=O)c1ccoc1C)C(N)=O. The molecule has 0 saturated carbocycles. The molecule has 94 valence electrons. The van der Waals surface area contributed by atoms with Gasteiger partial charge in [0.15, 0.2) is 0 Å². The summed E-state index contributed by atoms with van der Waals surface area (Å²) in [6.45, 7) is 4.06. The number of primary amides is 1. The van der Waals surface area contributed by atoms with Gasteiger partial charge in [-0.15, -0.1) is 0 Å². The fourth-order valence-corrected chi connectivity index (χ4v) is 1.34. The van der Waals surface area contributed by atoms with Crippen molar-refractivity contribution in [3.8, 4) is 0 Å². The smallest absolute Gasteiger partial charge is 0.333 e. The molecular weight excluding hydrogens is 222 g/mol. The highest BCUT2D eigenvalue weighted by Crippen LogP contribution is 2.08. The Kier molecular flexibility index (Phi) is 4.56. The van der Waals surface area contributed by atoms with Crippen LogP contribution in [0.2, 0.25) is 0 Å². The molecule has 0 saturated heterocycles. The van der Waals surface area contributed by atoms with Crippen LogP contribution in [0.3, 0.4) is 0 Å². The maximum atomic E-state index is 11.8. The first-order valence-corrected chi connectivity index (χ1v) is 5.48. The van der Waals surface area contributed by atoms with E-state index < -0.39 is 11.9 Å². The Bertz CT molecular complexity index is 400. The predicted octanol–water partition coefficient (Wildman–Crippen LogP) is 1.41. The number of carbonyl (C=O) groups is 2. The quantitative estimate of drug-likeness (QED) is 0.778. The number of nitrogens with two attached hydrogens (primary N) is 1. The minimum atomic E-state index is -0.673. The number of rotatable bonds is 4. The molecule has 0 unspecified atom stereocenters. The number of hydrogen-bond donors (Lipinski definition) is 2. The van der Waals surface area contributed by atoms with Gasteiger partial charge in [-0.3, -0.25) is 10.2 Å². The summed E-state index contributed by atoms with van der Waals surface area (Å²) in [6.07, 6.45) is 3.10. The first-order valence-electron chi connectivity index (χ1n) is 5.48. The van der Waals surface area contributed by atoms with Crippen LogP contribution in [0.4, 0.5) is 4.79 Å². The lowest BCUT2D eigenvalue weighted by Crippen LogP contribution is -2.49. The standard InChI is InChI=1S/C11H17N3O3/c1-3-4-6-14(11(12)16)13-10(15)9-5-7-17-8(9)2/h5,7H,3-4,6H2,1-2H3,(H2,12,16)(H,13,15). The zero-order chi connectivity index (χ0) is 12.8. The van der Waals surface area contributed by atoms with Gasteiger partial charge in [0.05, 0.1) is 11.8 Å². The lowest BCUT2D eigenvalue weighted by Gasteiger charge is -2.20. The van der Waals surface area contributed by atoms with Crippen LogP contribution in [-0.2, 0) is 0 Å². The molecule has 0 spiro atoms. The Balaban J connectivity index is 2.64. The minimum Gasteiger partial charge on any atom is -0.469 e. The fourth-order valence-electron chi connectivity index (χ4n) is 1.34. The molecule has 6 heteroatoms. The van der Waals surface area contributed by atoms with Crippen molar-refractivity contribution < 1.29 is 14.0 Å². The van der Waals surface area contributed by atoms with Gasteiger partial charge in [0.2, 0.25) is 0 Å². The van der Waals surface area contributed by atoms with Crippen LogP contribution in [0.25, 0.3) is 0 Å². The molecule has 1 aromatic rings. The van der Waals surface area contributed by atoms with Crippen molar-refractivity contribution in [2.45, 2.75) is 26.7 Å². The number of nitrogens with zero attached hydrogens (tertiary/aromatic N) is 1. The zero-order valence-electron chi connectivity index (χ0n) is 10.0. The van der Waals surface area contributed by atoms with E-state index >= 15 is 0 Å². The normalized spacial score (nSPS) is 10.0. The number of carbonyl (C=O) groups excluding carboxylic acids is 2. The third kappa shape index (κ3) is 3.51. The molecule has 1 rings (SSSR count). The Labute approximate surface area is 99.7 Å². The number of amides is 3. The summed E-state index contributed by atoms with van der Waals surface area (Å²) in [4.78, 5) is 22.9. The van der Waals surface area contributed by atoms with Gasteiger partial charge in [-0.1, -0.05) is 13.3 Å². The largest absolute Gasteiger partial charge is 0.469 e. The van der Waals surface area contributed by atoms with Gasteiger partial charge < -0.3 is 10.2 Å². The van der Waals surface area contributed by atoms with Gasteiger partial charge in [0, 0.05) is 6.54 Å². The summed E-state index contributed by atoms with van der Waals surface area (Å²) < 4.78 is 5.01. The Morgan fingerprint density at radius 3 is 2.71 bits per heavy atom. The molecule has 1 heterocycles. The van der Waals surface area contributed by atoms with E-state index in [1.165, 1.54) is 6.26 Å². The number of aryl methyl sites for hydroxylation is 1. The lowest BCUT2D eigenvalue weighted by molar-refractivity contribution is 0.0830. The monoisotopic (exact) mass is 239 g/mol. The zero-order valence-corrected chi connectivity index (χ0v) is 10.0. The number of urea groups is 1. The minimum absolute atomic E-state index is 0.396. The highest BCUT2D eigenvalue weighted by Gasteiger charge is 2.16. The first-order chi connectivity index (χ1) is 8.06. The average molecular weight is 239 g/mol. The molecule has 0 bridgehead atoms. The molecular formula is C11H17N3O3. The molecule has 0 fully saturated rings. The number of hydrogen-bond acceptors (Lipinski definition) is 3. The van der Waals surface area contributed by atoms with E-state index in [-0.39, 0.29) is 0 Å². The van der Waals surface area contributed by atoms with Crippen molar-refractivity contribution in [3.63, 3.8) is 0 Å². The van der Waals surface area contributed by atoms with Crippen molar-refractivity contribution in [3.05, 3.63) is 23.7 Å². The number of hydrazine groups is 1. The van der Waals surface area contributed by atoms with Gasteiger partial charge >= 0.3 is 6.03 Å². The van der Waals surface area contributed by atoms with Gasteiger partial charge in [-0.25, -0.2) is 9.80 Å². The molecule has 6 nitrogen and oxygen atoms in total. The molecule has 0 radical (unpaired) electrons. The maximum absolute atomic E-state index is 11.8. The third-order valence-corrected chi connectivity index (χ3v) is 2.34. The van der Waals surface area contributed by atoms with Gasteiger partial charge in [0.1, 0.15) is 5.76 Å². The third-order valence-electron chi connectivity index (χ3n) is 2.34. The molecule has 0 atom stereocenters. The average Bonchev–Trinajstić information content (AvgIpc) is 2.70. The summed E-state index contributed by atoms with van der Waals surface area (Å²) in [6, 6.07) is 0.872. The van der Waals surface area contributed by atoms with Crippen LogP contribution in [0.15, 0.2) is 16.7 Å². The molecule has 1 aromatic heterocycles. The van der Waals surface area contributed by atoms with Crippen LogP contribution in [0.1, 0.15) is 35.9 Å². The van der Waals surface area contributed by atoms with E-state index in [0.717, 1.165) is 17.9 Å². The highest BCUT2D eigenvalue weighted by molar-refractivity contribution is 5.95. The Morgan fingerprint density at radius 2 is 2.24 bits per heavy atom. The van der Waals surface area contributed by atoms with E-state index in [2.05, 4.69) is 5.43 Å². The van der Waals surface area contributed by atoms with E-state index in [9.17, 15) is 9.59 Å². The van der Waals surface area contributed by atoms with Gasteiger partial charge in [-0.05, 0) is 19.4 Å². The van der Waals surface area contributed by atoms with Crippen LogP contribution in [0, 0.1) is 6.92 Å². The molecule has 17 heavy (non-hydrogen) atoms. The number of furan rings is 1. The van der Waals surface area contributed by atoms with E-state index in [1.807, 2.05) is 6.92 Å². The van der Waals surface area contributed by atoms with Crippen molar-refractivity contribution >= 4 is 11.9 Å². The molecule has 3 amide bonds. The van der Waals surface area contributed by atoms with E-state index in [4.69, 9.17) is 10.2 Å². The van der Waals surface area contributed by atoms with E-state index in [1.54, 1.807) is 13.0 Å². The Morgan fingerprint density at radius 1 is 1.53 bits per heavy atom. The predicted molar refractivity (Wildman–Crippen MR) is 62.1 cm³/mol. The second-order valence-electron chi connectivity index (χ2n) is 3.67. The van der Waals surface area contributed by atoms with E-state index in [0.29, 0.717) is 17.9 Å². The number of nitrogens with one attached hydrogen (secondary N) is 1. The van der Waals surface area contributed by atoms with Crippen LogP contribution >= 0.6 is 0 Å². The lowest BCUT2D eigenvalue weighted by atomic mass is 10.2. The molecule has 0 aromatic carbocycles. The fraction of sp³-hybridized carbons (Fsp3) is 0.455. The first kappa shape index (κ1) is 13.1. The summed E-state index contributed by atoms with van der Waals surface area (Å²) in [7, 11) is 0. The van der Waals surface area contributed by atoms with Crippen molar-refractivity contribution in [1.29, 1.82) is 0 Å². The maximum Gasteiger partial charge on any atom is 0.333 e. The van der Waals surface area contributed by atoms with Crippen LogP contribution < -0.4 is 11.2 Å². The highest BCUT2D eigenvalue weighted by atomic mass is 16.3. The molecule has 0 aliphatic heterocycles. The van der Waals surface area contributed by atoms with Gasteiger partial charge in [-0.2, -0.15) is 0 Å².